The van der Waals surface area contributed by atoms with Gasteiger partial charge < -0.3 is 14.7 Å². The van der Waals surface area contributed by atoms with E-state index in [0.717, 1.165) is 38.0 Å². The zero-order valence-electron chi connectivity index (χ0n) is 9.48. The predicted octanol–water partition coefficient (Wildman–Crippen LogP) is 1.14. The minimum Gasteiger partial charge on any atom is -0.338 e. The summed E-state index contributed by atoms with van der Waals surface area (Å²) in [6.07, 6.45) is 5.14. The van der Waals surface area contributed by atoms with Crippen LogP contribution in [-0.2, 0) is 0 Å². The van der Waals surface area contributed by atoms with E-state index < -0.39 is 0 Å². The normalized spacial score (nSPS) is 22.9. The Bertz CT molecular complexity index is 340. The number of hydrogen-bond acceptors (Lipinski definition) is 5. The molecule has 0 unspecified atom stereocenters. The first-order chi connectivity index (χ1) is 7.93. The predicted molar refractivity (Wildman–Crippen MR) is 60.6 cm³/mol. The maximum atomic E-state index is 5.32. The number of nitrogens with zero attached hydrogens (tertiary/aromatic N) is 3. The van der Waals surface area contributed by atoms with Gasteiger partial charge in [0.2, 0.25) is 5.89 Å². The maximum absolute atomic E-state index is 5.32. The van der Waals surface area contributed by atoms with Gasteiger partial charge in [-0.15, -0.1) is 0 Å². The largest absolute Gasteiger partial charge is 0.338 e. The smallest absolute Gasteiger partial charge is 0.266 e. The van der Waals surface area contributed by atoms with Crippen LogP contribution in [0.4, 0.5) is 5.95 Å². The molecule has 0 amide bonds. The van der Waals surface area contributed by atoms with Crippen LogP contribution < -0.4 is 10.2 Å². The molecule has 1 N–H and O–H groups in total. The van der Waals surface area contributed by atoms with E-state index in [4.69, 9.17) is 4.52 Å². The molecule has 2 fully saturated rings. The van der Waals surface area contributed by atoms with Gasteiger partial charge in [-0.2, -0.15) is 4.98 Å². The zero-order valence-corrected chi connectivity index (χ0v) is 9.48. The summed E-state index contributed by atoms with van der Waals surface area (Å²) in [5.41, 5.74) is 0. The molecule has 1 aromatic heterocycles. The van der Waals surface area contributed by atoms with Crippen molar-refractivity contribution in [1.82, 2.24) is 15.5 Å². The van der Waals surface area contributed by atoms with E-state index in [9.17, 15) is 0 Å². The molecule has 3 rings (SSSR count). The van der Waals surface area contributed by atoms with Crippen molar-refractivity contribution >= 4 is 5.95 Å². The SMILES string of the molecule is C1CCCN(c2noc(C3CNC3)n2)CC1. The molecule has 2 saturated heterocycles. The van der Waals surface area contributed by atoms with Crippen LogP contribution in [0.5, 0.6) is 0 Å². The summed E-state index contributed by atoms with van der Waals surface area (Å²) >= 11 is 0. The molecule has 1 aromatic rings. The van der Waals surface area contributed by atoms with Crippen molar-refractivity contribution in [3.8, 4) is 0 Å². The zero-order chi connectivity index (χ0) is 10.8. The Morgan fingerprint density at radius 2 is 1.88 bits per heavy atom. The molecule has 0 aromatic carbocycles. The van der Waals surface area contributed by atoms with Gasteiger partial charge in [-0.05, 0) is 18.0 Å². The summed E-state index contributed by atoms with van der Waals surface area (Å²) in [4.78, 5) is 6.76. The fourth-order valence-corrected chi connectivity index (χ4v) is 2.26. The number of aromatic nitrogens is 2. The summed E-state index contributed by atoms with van der Waals surface area (Å²) in [5, 5.41) is 7.31. The van der Waals surface area contributed by atoms with E-state index in [0.29, 0.717) is 5.92 Å². The Hall–Kier alpha value is -1.10. The monoisotopic (exact) mass is 222 g/mol. The summed E-state index contributed by atoms with van der Waals surface area (Å²) in [6.45, 7) is 4.09. The molecule has 2 aliphatic rings. The maximum Gasteiger partial charge on any atom is 0.266 e. The van der Waals surface area contributed by atoms with Gasteiger partial charge >= 0.3 is 0 Å². The topological polar surface area (TPSA) is 54.2 Å². The molecule has 3 heterocycles. The van der Waals surface area contributed by atoms with Gasteiger partial charge in [0, 0.05) is 26.2 Å². The molecule has 16 heavy (non-hydrogen) atoms. The Kier molecular flexibility index (Phi) is 2.78. The van der Waals surface area contributed by atoms with Crippen LogP contribution in [0.25, 0.3) is 0 Å². The van der Waals surface area contributed by atoms with Crippen molar-refractivity contribution in [2.75, 3.05) is 31.1 Å². The minimum absolute atomic E-state index is 0.438. The molecule has 0 atom stereocenters. The number of anilines is 1. The minimum atomic E-state index is 0.438. The summed E-state index contributed by atoms with van der Waals surface area (Å²) in [7, 11) is 0. The summed E-state index contributed by atoms with van der Waals surface area (Å²) < 4.78 is 5.32. The number of rotatable bonds is 2. The number of nitrogens with one attached hydrogen (secondary N) is 1. The van der Waals surface area contributed by atoms with Gasteiger partial charge in [0.05, 0.1) is 5.92 Å². The van der Waals surface area contributed by atoms with E-state index in [-0.39, 0.29) is 0 Å². The average molecular weight is 222 g/mol. The second-order valence-electron chi connectivity index (χ2n) is 4.69. The number of hydrogen-bond donors (Lipinski definition) is 1. The molecule has 0 saturated carbocycles. The lowest BCUT2D eigenvalue weighted by atomic mass is 10.0. The van der Waals surface area contributed by atoms with Crippen LogP contribution in [-0.4, -0.2) is 36.3 Å². The van der Waals surface area contributed by atoms with Gasteiger partial charge in [0.25, 0.3) is 5.95 Å². The highest BCUT2D eigenvalue weighted by Gasteiger charge is 2.26. The van der Waals surface area contributed by atoms with E-state index in [1.54, 1.807) is 0 Å². The van der Waals surface area contributed by atoms with Gasteiger partial charge in [-0.1, -0.05) is 12.8 Å². The molecule has 2 aliphatic heterocycles. The fourth-order valence-electron chi connectivity index (χ4n) is 2.26. The van der Waals surface area contributed by atoms with Gasteiger partial charge in [-0.25, -0.2) is 0 Å². The molecule has 0 spiro atoms. The lowest BCUT2D eigenvalue weighted by molar-refractivity contribution is 0.307. The highest BCUT2D eigenvalue weighted by Crippen LogP contribution is 2.22. The molecular weight excluding hydrogens is 204 g/mol. The van der Waals surface area contributed by atoms with E-state index >= 15 is 0 Å². The molecule has 5 nitrogen and oxygen atoms in total. The third kappa shape index (κ3) is 1.91. The van der Waals surface area contributed by atoms with Crippen molar-refractivity contribution in [3.05, 3.63) is 5.89 Å². The van der Waals surface area contributed by atoms with Crippen LogP contribution in [0.2, 0.25) is 0 Å². The Morgan fingerprint density at radius 3 is 2.50 bits per heavy atom. The van der Waals surface area contributed by atoms with Crippen LogP contribution in [0.15, 0.2) is 4.52 Å². The van der Waals surface area contributed by atoms with Crippen molar-refractivity contribution < 1.29 is 4.52 Å². The van der Waals surface area contributed by atoms with E-state index in [1.165, 1.54) is 25.7 Å². The Labute approximate surface area is 95.2 Å². The summed E-state index contributed by atoms with van der Waals surface area (Å²) in [6, 6.07) is 0. The summed E-state index contributed by atoms with van der Waals surface area (Å²) in [5.74, 6) is 2.04. The van der Waals surface area contributed by atoms with Crippen LogP contribution in [0.3, 0.4) is 0 Å². The fraction of sp³-hybridized carbons (Fsp3) is 0.818. The lowest BCUT2D eigenvalue weighted by Crippen LogP contribution is -2.40. The highest BCUT2D eigenvalue weighted by atomic mass is 16.5. The average Bonchev–Trinajstić information content (AvgIpc) is 2.52. The third-order valence-electron chi connectivity index (χ3n) is 3.45. The van der Waals surface area contributed by atoms with Crippen molar-refractivity contribution in [1.29, 1.82) is 0 Å². The molecule has 88 valence electrons. The van der Waals surface area contributed by atoms with E-state index in [1.807, 2.05) is 0 Å². The standard InChI is InChI=1S/C11H18N4O/c1-2-4-6-15(5-3-1)11-13-10(16-14-11)9-7-12-8-9/h9,12H,1-8H2. The third-order valence-corrected chi connectivity index (χ3v) is 3.45. The first kappa shape index (κ1) is 10.1. The van der Waals surface area contributed by atoms with Crippen LogP contribution >= 0.6 is 0 Å². The van der Waals surface area contributed by atoms with Crippen LogP contribution in [0.1, 0.15) is 37.5 Å². The highest BCUT2D eigenvalue weighted by molar-refractivity contribution is 5.28. The quantitative estimate of drug-likeness (QED) is 0.813. The second kappa shape index (κ2) is 4.41. The van der Waals surface area contributed by atoms with E-state index in [2.05, 4.69) is 20.4 Å². The lowest BCUT2D eigenvalue weighted by Gasteiger charge is -2.23. The molecule has 0 radical (unpaired) electrons. The van der Waals surface area contributed by atoms with Gasteiger partial charge in [-0.3, -0.25) is 0 Å². The molecule has 0 bridgehead atoms. The van der Waals surface area contributed by atoms with Gasteiger partial charge in [0.15, 0.2) is 0 Å². The first-order valence-corrected chi connectivity index (χ1v) is 6.23. The second-order valence-corrected chi connectivity index (χ2v) is 4.69. The first-order valence-electron chi connectivity index (χ1n) is 6.23. The van der Waals surface area contributed by atoms with Crippen molar-refractivity contribution in [3.63, 3.8) is 0 Å². The Balaban J connectivity index is 1.70. The Morgan fingerprint density at radius 1 is 1.12 bits per heavy atom. The molecular formula is C11H18N4O. The molecule has 0 aliphatic carbocycles. The van der Waals surface area contributed by atoms with Crippen LogP contribution in [0, 0.1) is 0 Å². The van der Waals surface area contributed by atoms with Crippen molar-refractivity contribution in [2.45, 2.75) is 31.6 Å². The molecule has 5 heteroatoms. The van der Waals surface area contributed by atoms with Gasteiger partial charge in [0.1, 0.15) is 0 Å². The van der Waals surface area contributed by atoms with Crippen molar-refractivity contribution in [2.24, 2.45) is 0 Å².